The van der Waals surface area contributed by atoms with Crippen molar-refractivity contribution >= 4 is 29.6 Å². The van der Waals surface area contributed by atoms with Crippen molar-refractivity contribution in [1.29, 1.82) is 0 Å². The molecule has 150 valence electrons. The zero-order valence-corrected chi connectivity index (χ0v) is 16.8. The number of esters is 1. The lowest BCUT2D eigenvalue weighted by Crippen LogP contribution is -2.54. The number of likely N-dealkylation sites (tertiary alicyclic amines) is 1. The summed E-state index contributed by atoms with van der Waals surface area (Å²) in [5, 5.41) is 12.3. The van der Waals surface area contributed by atoms with Gasteiger partial charge >= 0.3 is 11.9 Å². The van der Waals surface area contributed by atoms with E-state index in [2.05, 4.69) is 12.2 Å². The molecule has 1 heterocycles. The lowest BCUT2D eigenvalue weighted by molar-refractivity contribution is -0.150. The van der Waals surface area contributed by atoms with Gasteiger partial charge in [0.2, 0.25) is 5.91 Å². The second-order valence-electron chi connectivity index (χ2n) is 6.50. The molecule has 0 aromatic rings. The number of nitrogens with zero attached hydrogens (tertiary/aromatic N) is 1. The Morgan fingerprint density at radius 1 is 1.31 bits per heavy atom. The third-order valence-electron chi connectivity index (χ3n) is 4.39. The fourth-order valence-corrected chi connectivity index (χ4v) is 4.03. The number of thioether (sulfide) groups is 1. The highest BCUT2D eigenvalue weighted by Crippen LogP contribution is 2.19. The fraction of sp³-hybridized carbons (Fsp3) is 0.833. The van der Waals surface area contributed by atoms with E-state index >= 15 is 0 Å². The molecular formula is C18H32N2O5S. The molecule has 1 saturated heterocycles. The third-order valence-corrected chi connectivity index (χ3v) is 5.54. The molecule has 1 fully saturated rings. The highest BCUT2D eigenvalue weighted by molar-refractivity contribution is 7.99. The average Bonchev–Trinajstić information content (AvgIpc) is 3.09. The van der Waals surface area contributed by atoms with Gasteiger partial charge in [0.15, 0.2) is 0 Å². The van der Waals surface area contributed by atoms with Crippen LogP contribution in [0.3, 0.4) is 0 Å². The minimum absolute atomic E-state index is 0.278. The van der Waals surface area contributed by atoms with Gasteiger partial charge in [0, 0.05) is 12.3 Å². The number of carboxylic acid groups (broad SMARTS) is 1. The number of unbranched alkanes of at least 4 members (excludes halogenated alkanes) is 2. The maximum Gasteiger partial charge on any atom is 0.326 e. The average molecular weight is 389 g/mol. The van der Waals surface area contributed by atoms with E-state index in [0.717, 1.165) is 25.0 Å². The van der Waals surface area contributed by atoms with Gasteiger partial charge < -0.3 is 14.7 Å². The lowest BCUT2D eigenvalue weighted by atomic mass is 10.2. The predicted molar refractivity (Wildman–Crippen MR) is 102 cm³/mol. The number of aliphatic carboxylic acids is 1. The summed E-state index contributed by atoms with van der Waals surface area (Å²) in [4.78, 5) is 37.5. The van der Waals surface area contributed by atoms with Gasteiger partial charge in [-0.2, -0.15) is 11.8 Å². The molecule has 0 saturated carbocycles. The summed E-state index contributed by atoms with van der Waals surface area (Å²) in [5.41, 5.74) is 0. The van der Waals surface area contributed by atoms with Gasteiger partial charge in [0.25, 0.3) is 0 Å². The topological polar surface area (TPSA) is 95.9 Å². The number of ether oxygens (including phenoxy) is 1. The summed E-state index contributed by atoms with van der Waals surface area (Å²) in [6.45, 7) is 6.29. The first-order chi connectivity index (χ1) is 12.4. The van der Waals surface area contributed by atoms with Gasteiger partial charge in [0.05, 0.1) is 12.6 Å². The van der Waals surface area contributed by atoms with Crippen molar-refractivity contribution in [2.24, 2.45) is 0 Å². The van der Waals surface area contributed by atoms with Crippen LogP contribution in [0.25, 0.3) is 0 Å². The van der Waals surface area contributed by atoms with E-state index in [4.69, 9.17) is 4.74 Å². The van der Waals surface area contributed by atoms with Crippen LogP contribution < -0.4 is 5.32 Å². The van der Waals surface area contributed by atoms with Gasteiger partial charge in [-0.3, -0.25) is 14.9 Å². The zero-order valence-electron chi connectivity index (χ0n) is 16.0. The number of carbonyl (C=O) groups is 3. The number of carbonyl (C=O) groups excluding carboxylic acids is 2. The standard InChI is InChI=1S/C18H32N2O5S/c1-4-6-7-11-26-12-14(18(24)25-5-2)19-13(3)16(21)20-10-8-9-15(20)17(22)23/h13-15,19H,4-12H2,1-3H3,(H,22,23)/t13?,14-,15-/m1/s1. The Morgan fingerprint density at radius 3 is 2.65 bits per heavy atom. The quantitative estimate of drug-likeness (QED) is 0.389. The maximum atomic E-state index is 12.6. The second-order valence-corrected chi connectivity index (χ2v) is 7.65. The monoisotopic (exact) mass is 388 g/mol. The first-order valence-electron chi connectivity index (χ1n) is 9.46. The molecule has 1 unspecified atom stereocenters. The molecule has 0 aromatic carbocycles. The first kappa shape index (κ1) is 22.8. The van der Waals surface area contributed by atoms with E-state index in [1.165, 1.54) is 4.90 Å². The van der Waals surface area contributed by atoms with Crippen molar-refractivity contribution in [2.75, 3.05) is 24.7 Å². The number of rotatable bonds is 12. The summed E-state index contributed by atoms with van der Waals surface area (Å²) in [6.07, 6.45) is 4.56. The van der Waals surface area contributed by atoms with Crippen LogP contribution >= 0.6 is 11.8 Å². The highest BCUT2D eigenvalue weighted by Gasteiger charge is 2.36. The van der Waals surface area contributed by atoms with Crippen LogP contribution in [0.2, 0.25) is 0 Å². The molecule has 0 radical (unpaired) electrons. The third kappa shape index (κ3) is 7.15. The molecular weight excluding hydrogens is 356 g/mol. The summed E-state index contributed by atoms with van der Waals surface area (Å²) in [7, 11) is 0. The Morgan fingerprint density at radius 2 is 2.04 bits per heavy atom. The van der Waals surface area contributed by atoms with Gasteiger partial charge in [-0.15, -0.1) is 0 Å². The van der Waals surface area contributed by atoms with E-state index in [9.17, 15) is 19.5 Å². The Labute approximate surface area is 160 Å². The SMILES string of the molecule is CCCCCSC[C@@H](NC(C)C(=O)N1CCC[C@@H]1C(=O)O)C(=O)OCC. The lowest BCUT2D eigenvalue weighted by Gasteiger charge is -2.27. The predicted octanol–water partition coefficient (Wildman–Crippen LogP) is 1.90. The molecule has 1 aliphatic heterocycles. The van der Waals surface area contributed by atoms with Gasteiger partial charge in [0.1, 0.15) is 12.1 Å². The second kappa shape index (κ2) is 12.2. The number of hydrogen-bond donors (Lipinski definition) is 2. The summed E-state index contributed by atoms with van der Waals surface area (Å²) in [6, 6.07) is -1.98. The van der Waals surface area contributed by atoms with Crippen LogP contribution in [0.1, 0.15) is 52.9 Å². The van der Waals surface area contributed by atoms with E-state index in [0.29, 0.717) is 25.1 Å². The van der Waals surface area contributed by atoms with Crippen molar-refractivity contribution in [1.82, 2.24) is 10.2 Å². The number of hydrogen-bond acceptors (Lipinski definition) is 6. The van der Waals surface area contributed by atoms with Crippen molar-refractivity contribution in [3.63, 3.8) is 0 Å². The fourth-order valence-electron chi connectivity index (χ4n) is 2.99. The molecule has 2 N–H and O–H groups in total. The molecule has 8 heteroatoms. The largest absolute Gasteiger partial charge is 0.480 e. The van der Waals surface area contributed by atoms with Crippen LogP contribution in [-0.2, 0) is 19.1 Å². The highest BCUT2D eigenvalue weighted by atomic mass is 32.2. The first-order valence-corrected chi connectivity index (χ1v) is 10.6. The molecule has 0 aromatic heterocycles. The Kier molecular flexibility index (Phi) is 10.7. The normalized spacial score (nSPS) is 19.2. The zero-order chi connectivity index (χ0) is 19.5. The van der Waals surface area contributed by atoms with E-state index in [-0.39, 0.29) is 18.5 Å². The molecule has 1 aliphatic rings. The van der Waals surface area contributed by atoms with E-state index < -0.39 is 24.1 Å². The molecule has 7 nitrogen and oxygen atoms in total. The van der Waals surface area contributed by atoms with Crippen molar-refractivity contribution in [3.05, 3.63) is 0 Å². The maximum absolute atomic E-state index is 12.6. The minimum atomic E-state index is -0.975. The number of nitrogens with one attached hydrogen (secondary N) is 1. The molecule has 1 rings (SSSR count). The smallest absolute Gasteiger partial charge is 0.326 e. The summed E-state index contributed by atoms with van der Waals surface area (Å²) in [5.74, 6) is -0.133. The van der Waals surface area contributed by atoms with Crippen LogP contribution in [0.5, 0.6) is 0 Å². The Bertz CT molecular complexity index is 474. The minimum Gasteiger partial charge on any atom is -0.480 e. The molecule has 1 amide bonds. The van der Waals surface area contributed by atoms with E-state index in [1.807, 2.05) is 0 Å². The van der Waals surface area contributed by atoms with Gasteiger partial charge in [-0.05, 0) is 38.9 Å². The molecule has 0 bridgehead atoms. The molecule has 0 spiro atoms. The van der Waals surface area contributed by atoms with Gasteiger partial charge in [-0.25, -0.2) is 4.79 Å². The van der Waals surface area contributed by atoms with Crippen LogP contribution in [0, 0.1) is 0 Å². The Hall–Kier alpha value is -1.28. The van der Waals surface area contributed by atoms with Crippen molar-refractivity contribution in [2.45, 2.75) is 71.0 Å². The van der Waals surface area contributed by atoms with E-state index in [1.54, 1.807) is 25.6 Å². The van der Waals surface area contributed by atoms with Gasteiger partial charge in [-0.1, -0.05) is 19.8 Å². The summed E-state index contributed by atoms with van der Waals surface area (Å²) >= 11 is 1.66. The van der Waals surface area contributed by atoms with Crippen LogP contribution in [0.15, 0.2) is 0 Å². The van der Waals surface area contributed by atoms with Crippen LogP contribution in [-0.4, -0.2) is 70.6 Å². The van der Waals surface area contributed by atoms with Crippen LogP contribution in [0.4, 0.5) is 0 Å². The molecule has 3 atom stereocenters. The van der Waals surface area contributed by atoms with Crippen molar-refractivity contribution in [3.8, 4) is 0 Å². The van der Waals surface area contributed by atoms with Crippen molar-refractivity contribution < 1.29 is 24.2 Å². The molecule has 0 aliphatic carbocycles. The Balaban J connectivity index is 2.62. The molecule has 26 heavy (non-hydrogen) atoms. The number of carboxylic acids is 1. The number of amides is 1. The summed E-state index contributed by atoms with van der Waals surface area (Å²) < 4.78 is 5.11.